The maximum absolute atomic E-state index is 5.70. The van der Waals surface area contributed by atoms with Crippen LogP contribution in [0.15, 0.2) is 76.9 Å². The molecule has 134 valence electrons. The fraction of sp³-hybridized carbons (Fsp3) is 0.100. The van der Waals surface area contributed by atoms with Crippen LogP contribution in [0, 0.1) is 0 Å². The number of rotatable bonds is 5. The number of hydrogen-bond acceptors (Lipinski definition) is 6. The standard InChI is InChI=1S/C20H17ClN6/c21-19-10-11-20(25-23-19)24-22-14-15-6-8-17(9-7-15)27-13-12-18(26-27)16-4-2-1-3-5-16/h1-11,14H,12-13H2,(H,24,25)/b22-14+. The van der Waals surface area contributed by atoms with E-state index in [-0.39, 0.29) is 0 Å². The lowest BCUT2D eigenvalue weighted by molar-refractivity contribution is 0.922. The molecule has 0 amide bonds. The van der Waals surface area contributed by atoms with Crippen LogP contribution in [0.4, 0.5) is 11.5 Å². The van der Waals surface area contributed by atoms with Gasteiger partial charge in [-0.2, -0.15) is 10.2 Å². The normalized spacial score (nSPS) is 13.8. The summed E-state index contributed by atoms with van der Waals surface area (Å²) in [4.78, 5) is 0. The fourth-order valence-electron chi connectivity index (χ4n) is 2.76. The Morgan fingerprint density at radius 3 is 2.52 bits per heavy atom. The van der Waals surface area contributed by atoms with E-state index in [2.05, 4.69) is 32.9 Å². The van der Waals surface area contributed by atoms with E-state index >= 15 is 0 Å². The van der Waals surface area contributed by atoms with E-state index in [1.807, 2.05) is 47.5 Å². The molecule has 0 atom stereocenters. The Morgan fingerprint density at radius 1 is 0.963 bits per heavy atom. The maximum Gasteiger partial charge on any atom is 0.168 e. The molecule has 4 rings (SSSR count). The van der Waals surface area contributed by atoms with Crippen LogP contribution < -0.4 is 10.4 Å². The highest BCUT2D eigenvalue weighted by Gasteiger charge is 2.16. The monoisotopic (exact) mass is 376 g/mol. The van der Waals surface area contributed by atoms with Gasteiger partial charge in [0.2, 0.25) is 0 Å². The van der Waals surface area contributed by atoms with Crippen LogP contribution in [0.1, 0.15) is 17.5 Å². The van der Waals surface area contributed by atoms with Gasteiger partial charge in [0.1, 0.15) is 0 Å². The highest BCUT2D eigenvalue weighted by atomic mass is 35.5. The van der Waals surface area contributed by atoms with Crippen LogP contribution in [-0.4, -0.2) is 28.7 Å². The second kappa shape index (κ2) is 7.97. The van der Waals surface area contributed by atoms with Crippen molar-refractivity contribution in [1.29, 1.82) is 0 Å². The van der Waals surface area contributed by atoms with Crippen molar-refractivity contribution in [3.05, 3.63) is 83.0 Å². The Morgan fingerprint density at radius 2 is 1.78 bits per heavy atom. The quantitative estimate of drug-likeness (QED) is 0.535. The first-order chi connectivity index (χ1) is 13.3. The summed E-state index contributed by atoms with van der Waals surface area (Å²) in [5, 5.41) is 18.9. The third kappa shape index (κ3) is 4.30. The molecule has 2 aromatic carbocycles. The van der Waals surface area contributed by atoms with Crippen molar-refractivity contribution in [2.75, 3.05) is 17.0 Å². The topological polar surface area (TPSA) is 65.8 Å². The minimum atomic E-state index is 0.347. The predicted octanol–water partition coefficient (Wildman–Crippen LogP) is 4.19. The lowest BCUT2D eigenvalue weighted by atomic mass is 10.1. The molecule has 1 N–H and O–H groups in total. The van der Waals surface area contributed by atoms with Gasteiger partial charge in [0.15, 0.2) is 11.0 Å². The molecule has 0 saturated carbocycles. The predicted molar refractivity (Wildman–Crippen MR) is 110 cm³/mol. The summed E-state index contributed by atoms with van der Waals surface area (Å²) >= 11 is 5.70. The number of anilines is 2. The van der Waals surface area contributed by atoms with Gasteiger partial charge in [-0.1, -0.05) is 54.1 Å². The summed E-state index contributed by atoms with van der Waals surface area (Å²) in [6, 6.07) is 21.8. The molecule has 0 saturated heterocycles. The minimum Gasteiger partial charge on any atom is -0.265 e. The molecule has 3 aromatic rings. The number of hydrogen-bond donors (Lipinski definition) is 1. The summed E-state index contributed by atoms with van der Waals surface area (Å²) < 4.78 is 0. The number of nitrogens with zero attached hydrogens (tertiary/aromatic N) is 5. The second-order valence-electron chi connectivity index (χ2n) is 5.99. The zero-order valence-electron chi connectivity index (χ0n) is 14.5. The van der Waals surface area contributed by atoms with Gasteiger partial charge >= 0.3 is 0 Å². The maximum atomic E-state index is 5.70. The Hall–Kier alpha value is -3.25. The Bertz CT molecular complexity index is 952. The van der Waals surface area contributed by atoms with Crippen molar-refractivity contribution in [2.45, 2.75) is 6.42 Å². The summed E-state index contributed by atoms with van der Waals surface area (Å²) in [5.41, 5.74) is 7.16. The first kappa shape index (κ1) is 17.2. The second-order valence-corrected chi connectivity index (χ2v) is 6.38. The van der Waals surface area contributed by atoms with E-state index in [9.17, 15) is 0 Å². The zero-order valence-corrected chi connectivity index (χ0v) is 15.2. The molecule has 2 heterocycles. The average Bonchev–Trinajstić information content (AvgIpc) is 3.21. The summed E-state index contributed by atoms with van der Waals surface area (Å²) in [6.07, 6.45) is 2.67. The molecule has 6 nitrogen and oxygen atoms in total. The average molecular weight is 377 g/mol. The first-order valence-corrected chi connectivity index (χ1v) is 8.94. The van der Waals surface area contributed by atoms with Gasteiger partial charge in [-0.25, -0.2) is 0 Å². The molecule has 1 aromatic heterocycles. The van der Waals surface area contributed by atoms with Crippen molar-refractivity contribution in [2.24, 2.45) is 10.2 Å². The highest BCUT2D eigenvalue weighted by molar-refractivity contribution is 6.29. The lowest BCUT2D eigenvalue weighted by Crippen LogP contribution is -2.11. The number of aromatic nitrogens is 2. The van der Waals surface area contributed by atoms with Crippen molar-refractivity contribution >= 4 is 35.0 Å². The minimum absolute atomic E-state index is 0.347. The summed E-state index contributed by atoms with van der Waals surface area (Å²) in [5.74, 6) is 0.534. The molecular weight excluding hydrogens is 360 g/mol. The molecule has 7 heteroatoms. The summed E-state index contributed by atoms with van der Waals surface area (Å²) in [7, 11) is 0. The van der Waals surface area contributed by atoms with Gasteiger partial charge in [0.25, 0.3) is 0 Å². The smallest absolute Gasteiger partial charge is 0.168 e. The van der Waals surface area contributed by atoms with E-state index in [1.165, 1.54) is 5.56 Å². The van der Waals surface area contributed by atoms with E-state index in [0.29, 0.717) is 11.0 Å². The molecule has 0 spiro atoms. The number of nitrogens with one attached hydrogen (secondary N) is 1. The molecule has 1 aliphatic rings. The van der Waals surface area contributed by atoms with Crippen LogP contribution in [0.2, 0.25) is 5.15 Å². The fourth-order valence-corrected chi connectivity index (χ4v) is 2.86. The zero-order chi connectivity index (χ0) is 18.5. The van der Waals surface area contributed by atoms with Gasteiger partial charge in [-0.15, -0.1) is 10.2 Å². The Balaban J connectivity index is 1.40. The van der Waals surface area contributed by atoms with Crippen molar-refractivity contribution in [3.63, 3.8) is 0 Å². The van der Waals surface area contributed by atoms with E-state index in [0.717, 1.165) is 29.9 Å². The first-order valence-electron chi connectivity index (χ1n) is 8.57. The van der Waals surface area contributed by atoms with Crippen LogP contribution in [0.5, 0.6) is 0 Å². The lowest BCUT2D eigenvalue weighted by Gasteiger charge is -2.13. The molecule has 0 aliphatic carbocycles. The molecule has 0 bridgehead atoms. The van der Waals surface area contributed by atoms with Crippen LogP contribution in [0.25, 0.3) is 0 Å². The van der Waals surface area contributed by atoms with Crippen LogP contribution in [0.3, 0.4) is 0 Å². The van der Waals surface area contributed by atoms with Crippen molar-refractivity contribution < 1.29 is 0 Å². The summed E-state index contributed by atoms with van der Waals surface area (Å²) in [6.45, 7) is 0.883. The van der Waals surface area contributed by atoms with Crippen LogP contribution >= 0.6 is 11.6 Å². The molecular formula is C20H17ClN6. The molecule has 1 aliphatic heterocycles. The molecule has 0 unspecified atom stereocenters. The van der Waals surface area contributed by atoms with Crippen molar-refractivity contribution in [3.8, 4) is 0 Å². The van der Waals surface area contributed by atoms with E-state index < -0.39 is 0 Å². The molecule has 27 heavy (non-hydrogen) atoms. The highest BCUT2D eigenvalue weighted by Crippen LogP contribution is 2.22. The Labute approximate surface area is 162 Å². The van der Waals surface area contributed by atoms with Gasteiger partial charge < -0.3 is 0 Å². The largest absolute Gasteiger partial charge is 0.265 e. The SMILES string of the molecule is Clc1ccc(N/N=C/c2ccc(N3CCC(c4ccccc4)=N3)cc2)nn1. The van der Waals surface area contributed by atoms with Crippen LogP contribution in [-0.2, 0) is 0 Å². The third-order valence-corrected chi connectivity index (χ3v) is 4.33. The number of benzene rings is 2. The molecule has 0 fully saturated rings. The van der Waals surface area contributed by atoms with Gasteiger partial charge in [0.05, 0.1) is 17.6 Å². The number of hydrazone groups is 2. The van der Waals surface area contributed by atoms with Gasteiger partial charge in [-0.05, 0) is 35.4 Å². The van der Waals surface area contributed by atoms with E-state index in [1.54, 1.807) is 18.3 Å². The molecule has 0 radical (unpaired) electrons. The van der Waals surface area contributed by atoms with Gasteiger partial charge in [-0.3, -0.25) is 10.4 Å². The van der Waals surface area contributed by atoms with Gasteiger partial charge in [0, 0.05) is 13.0 Å². The van der Waals surface area contributed by atoms with Crippen molar-refractivity contribution in [1.82, 2.24) is 10.2 Å². The number of halogens is 1. The van der Waals surface area contributed by atoms with E-state index in [4.69, 9.17) is 16.7 Å². The third-order valence-electron chi connectivity index (χ3n) is 4.12. The Kier molecular flexibility index (Phi) is 5.07.